The number of furan rings is 1. The molecule has 6 rings (SSSR count). The van der Waals surface area contributed by atoms with Crippen molar-refractivity contribution in [3.63, 3.8) is 0 Å². The quantitative estimate of drug-likeness (QED) is 0.751. The summed E-state index contributed by atoms with van der Waals surface area (Å²) in [6.07, 6.45) is 9.20. The van der Waals surface area contributed by atoms with Crippen LogP contribution < -0.4 is 0 Å². The minimum atomic E-state index is -0.131. The Labute approximate surface area is 128 Å². The smallest absolute Gasteiger partial charge is 0.293 e. The summed E-state index contributed by atoms with van der Waals surface area (Å²) in [4.78, 5) is 14.4. The summed E-state index contributed by atoms with van der Waals surface area (Å²) in [5.41, 5.74) is 3.98. The van der Waals surface area contributed by atoms with E-state index < -0.39 is 0 Å². The van der Waals surface area contributed by atoms with Crippen LogP contribution in [-0.2, 0) is 5.41 Å². The van der Waals surface area contributed by atoms with Gasteiger partial charge in [0.05, 0.1) is 11.7 Å². The van der Waals surface area contributed by atoms with E-state index in [4.69, 9.17) is 4.42 Å². The Balaban J connectivity index is 1.60. The summed E-state index contributed by atoms with van der Waals surface area (Å²) in [5, 5.41) is 0. The van der Waals surface area contributed by atoms with Gasteiger partial charge in [-0.3, -0.25) is 4.79 Å². The average molecular weight is 289 g/mol. The molecule has 2 atom stereocenters. The highest BCUT2D eigenvalue weighted by molar-refractivity contribution is 5.93. The average Bonchev–Trinajstić information content (AvgIpc) is 3.22. The summed E-state index contributed by atoms with van der Waals surface area (Å²) in [5.74, 6) is 0.789. The molecule has 0 saturated heterocycles. The van der Waals surface area contributed by atoms with Crippen molar-refractivity contribution in [2.45, 2.75) is 17.8 Å². The van der Waals surface area contributed by atoms with Crippen LogP contribution in [0.25, 0.3) is 0 Å². The second-order valence-electron chi connectivity index (χ2n) is 6.29. The van der Waals surface area contributed by atoms with E-state index in [1.165, 1.54) is 16.7 Å². The van der Waals surface area contributed by atoms with Gasteiger partial charge in [0.2, 0.25) is 0 Å². The molecule has 3 aliphatic carbocycles. The molecule has 1 aromatic heterocycles. The van der Waals surface area contributed by atoms with Gasteiger partial charge in [-0.05, 0) is 35.3 Å². The Morgan fingerprint density at radius 3 is 3.00 bits per heavy atom. The van der Waals surface area contributed by atoms with E-state index in [2.05, 4.69) is 36.4 Å². The number of nitrogens with zero attached hydrogens (tertiary/aromatic N) is 1. The highest BCUT2D eigenvalue weighted by atomic mass is 16.3. The topological polar surface area (TPSA) is 33.5 Å². The molecule has 2 bridgehead atoms. The molecule has 4 aliphatic rings. The molecule has 1 aromatic carbocycles. The molecule has 1 amide bonds. The zero-order valence-corrected chi connectivity index (χ0v) is 12.0. The van der Waals surface area contributed by atoms with Crippen LogP contribution in [0.5, 0.6) is 0 Å². The van der Waals surface area contributed by atoms with Gasteiger partial charge in [-0.25, -0.2) is 0 Å². The molecule has 1 aliphatic heterocycles. The molecule has 0 fully saturated rings. The molecule has 2 aromatic rings. The van der Waals surface area contributed by atoms with E-state index in [1.807, 2.05) is 11.1 Å². The lowest BCUT2D eigenvalue weighted by atomic mass is 9.60. The summed E-state index contributed by atoms with van der Waals surface area (Å²) in [6, 6.07) is 12.1. The summed E-state index contributed by atoms with van der Waals surface area (Å²) in [7, 11) is 0. The van der Waals surface area contributed by atoms with Crippen molar-refractivity contribution in [1.29, 1.82) is 0 Å². The van der Waals surface area contributed by atoms with E-state index in [0.29, 0.717) is 18.2 Å². The number of carbonyl (C=O) groups is 1. The predicted molar refractivity (Wildman–Crippen MR) is 82.4 cm³/mol. The third-order valence-electron chi connectivity index (χ3n) is 5.19. The molecular weight excluding hydrogens is 274 g/mol. The number of hydrogen-bond donors (Lipinski definition) is 0. The van der Waals surface area contributed by atoms with Crippen molar-refractivity contribution < 1.29 is 9.21 Å². The summed E-state index contributed by atoms with van der Waals surface area (Å²) < 4.78 is 5.27. The van der Waals surface area contributed by atoms with Gasteiger partial charge in [0.15, 0.2) is 5.76 Å². The first-order chi connectivity index (χ1) is 10.8. The fraction of sp³-hybridized carbons (Fsp3) is 0.211. The van der Waals surface area contributed by atoms with Crippen molar-refractivity contribution in [3.8, 4) is 0 Å². The van der Waals surface area contributed by atoms with E-state index >= 15 is 0 Å². The Bertz CT molecular complexity index is 831. The van der Waals surface area contributed by atoms with Crippen molar-refractivity contribution in [1.82, 2.24) is 4.90 Å². The molecule has 2 heterocycles. The minimum absolute atomic E-state index is 0.0596. The molecule has 3 nitrogen and oxygen atoms in total. The van der Waals surface area contributed by atoms with Crippen molar-refractivity contribution in [2.75, 3.05) is 6.54 Å². The first kappa shape index (κ1) is 12.0. The zero-order chi connectivity index (χ0) is 14.7. The molecule has 2 unspecified atom stereocenters. The van der Waals surface area contributed by atoms with E-state index in [-0.39, 0.29) is 11.3 Å². The molecule has 108 valence electrons. The first-order valence-corrected chi connectivity index (χ1v) is 7.62. The predicted octanol–water partition coefficient (Wildman–Crippen LogP) is 3.61. The van der Waals surface area contributed by atoms with Crippen molar-refractivity contribution in [2.24, 2.45) is 0 Å². The van der Waals surface area contributed by atoms with E-state index in [1.54, 1.807) is 18.4 Å². The van der Waals surface area contributed by atoms with Crippen LogP contribution in [-0.4, -0.2) is 17.4 Å². The largest absolute Gasteiger partial charge is 0.459 e. The third kappa shape index (κ3) is 1.38. The molecule has 0 radical (unpaired) electrons. The molecule has 1 spiro atoms. The lowest BCUT2D eigenvalue weighted by Gasteiger charge is -2.43. The van der Waals surface area contributed by atoms with Crippen LogP contribution in [0.4, 0.5) is 0 Å². The number of hydrogen-bond acceptors (Lipinski definition) is 2. The van der Waals surface area contributed by atoms with Crippen LogP contribution >= 0.6 is 0 Å². The third-order valence-corrected chi connectivity index (χ3v) is 5.19. The van der Waals surface area contributed by atoms with Gasteiger partial charge in [-0.15, -0.1) is 0 Å². The maximum atomic E-state index is 12.6. The maximum Gasteiger partial charge on any atom is 0.293 e. The minimum Gasteiger partial charge on any atom is -0.459 e. The zero-order valence-electron chi connectivity index (χ0n) is 12.0. The van der Waals surface area contributed by atoms with Crippen LogP contribution in [0, 0.1) is 0 Å². The Morgan fingerprint density at radius 2 is 2.14 bits per heavy atom. The van der Waals surface area contributed by atoms with Gasteiger partial charge in [0, 0.05) is 18.7 Å². The molecule has 3 heteroatoms. The van der Waals surface area contributed by atoms with Crippen molar-refractivity contribution >= 4 is 5.91 Å². The second kappa shape index (κ2) is 4.01. The Kier molecular flexibility index (Phi) is 2.19. The van der Waals surface area contributed by atoms with Crippen LogP contribution in [0.2, 0.25) is 0 Å². The number of amides is 1. The maximum absolute atomic E-state index is 12.6. The summed E-state index contributed by atoms with van der Waals surface area (Å²) >= 11 is 0. The van der Waals surface area contributed by atoms with E-state index in [0.717, 1.165) is 6.42 Å². The highest BCUT2D eigenvalue weighted by Crippen LogP contribution is 2.54. The van der Waals surface area contributed by atoms with Gasteiger partial charge in [0.1, 0.15) is 0 Å². The van der Waals surface area contributed by atoms with Gasteiger partial charge in [-0.2, -0.15) is 0 Å². The normalized spacial score (nSPS) is 27.5. The summed E-state index contributed by atoms with van der Waals surface area (Å²) in [6.45, 7) is 0.669. The lowest BCUT2D eigenvalue weighted by molar-refractivity contribution is 0.0792. The van der Waals surface area contributed by atoms with Gasteiger partial charge in [0.25, 0.3) is 5.91 Å². The number of benzene rings is 1. The van der Waals surface area contributed by atoms with Crippen LogP contribution in [0.1, 0.15) is 34.0 Å². The number of carbonyl (C=O) groups excluding carboxylic acids is 1. The molecule has 0 N–H and O–H groups in total. The molecule has 0 saturated carbocycles. The lowest BCUT2D eigenvalue weighted by Crippen LogP contribution is -2.40. The highest BCUT2D eigenvalue weighted by Gasteiger charge is 2.49. The number of allylic oxidation sites excluding steroid dienone is 1. The monoisotopic (exact) mass is 289 g/mol. The van der Waals surface area contributed by atoms with Gasteiger partial charge < -0.3 is 9.32 Å². The first-order valence-electron chi connectivity index (χ1n) is 7.62. The van der Waals surface area contributed by atoms with Crippen LogP contribution in [0.15, 0.2) is 71.0 Å². The number of rotatable bonds is 1. The van der Waals surface area contributed by atoms with Crippen molar-refractivity contribution in [3.05, 3.63) is 83.5 Å². The van der Waals surface area contributed by atoms with Gasteiger partial charge >= 0.3 is 0 Å². The Morgan fingerprint density at radius 1 is 1.23 bits per heavy atom. The SMILES string of the molecule is O=C(c1ccco1)N1C=C2CC3C=CC2(C1)c1ccccc13. The fourth-order valence-electron chi connectivity index (χ4n) is 4.16. The Hall–Kier alpha value is -2.55. The standard InChI is InChI=1S/C19H15NO2/c21-18(17-6-3-9-22-17)20-11-14-10-13-7-8-19(14,12-20)16-5-2-1-4-15(13)16/h1-9,11,13H,10,12H2. The molecule has 22 heavy (non-hydrogen) atoms. The van der Waals surface area contributed by atoms with E-state index in [9.17, 15) is 4.79 Å². The van der Waals surface area contributed by atoms with Crippen LogP contribution in [0.3, 0.4) is 0 Å². The fourth-order valence-corrected chi connectivity index (χ4v) is 4.16. The van der Waals surface area contributed by atoms with Gasteiger partial charge in [-0.1, -0.05) is 36.4 Å². The second-order valence-corrected chi connectivity index (χ2v) is 6.29. The molecular formula is C19H15NO2.